The number of benzene rings is 1. The number of carboxylic acid groups (broad SMARTS) is 1. The van der Waals surface area contributed by atoms with Gasteiger partial charge in [-0.15, -0.1) is 11.8 Å². The lowest BCUT2D eigenvalue weighted by Gasteiger charge is -2.12. The number of methoxy groups -OCH3 is 1. The molecule has 0 saturated heterocycles. The summed E-state index contributed by atoms with van der Waals surface area (Å²) in [6.45, 7) is 1.76. The van der Waals surface area contributed by atoms with Gasteiger partial charge in [-0.1, -0.05) is 30.3 Å². The van der Waals surface area contributed by atoms with E-state index in [1.54, 1.807) is 25.8 Å². The van der Waals surface area contributed by atoms with Gasteiger partial charge in [0.15, 0.2) is 11.4 Å². The van der Waals surface area contributed by atoms with Gasteiger partial charge in [-0.3, -0.25) is 0 Å². The van der Waals surface area contributed by atoms with Crippen LogP contribution in [0.25, 0.3) is 0 Å². The monoisotopic (exact) mass is 289 g/mol. The molecule has 5 heteroatoms. The van der Waals surface area contributed by atoms with Gasteiger partial charge in [0.25, 0.3) is 0 Å². The number of pyridine rings is 1. The van der Waals surface area contributed by atoms with E-state index in [0.29, 0.717) is 11.3 Å². The van der Waals surface area contributed by atoms with E-state index in [2.05, 4.69) is 4.98 Å². The van der Waals surface area contributed by atoms with Crippen molar-refractivity contribution in [3.05, 3.63) is 53.3 Å². The number of thioether (sulfide) groups is 1. The SMILES string of the molecule is COc1cnc(C(=O)O)c(C)c1SCc1ccccc1. The standard InChI is InChI=1S/C15H15NO3S/c1-10-13(15(17)18)16-8-12(19-2)14(10)20-9-11-6-4-3-5-7-11/h3-8H,9H2,1-2H3,(H,17,18). The minimum Gasteiger partial charge on any atom is -0.494 e. The molecule has 1 N–H and O–H groups in total. The molecule has 2 aromatic rings. The van der Waals surface area contributed by atoms with Crippen LogP contribution < -0.4 is 4.74 Å². The summed E-state index contributed by atoms with van der Waals surface area (Å²) in [6.07, 6.45) is 1.46. The summed E-state index contributed by atoms with van der Waals surface area (Å²) in [7, 11) is 1.56. The Morgan fingerprint density at radius 3 is 2.65 bits per heavy atom. The zero-order chi connectivity index (χ0) is 14.5. The Morgan fingerprint density at radius 2 is 2.05 bits per heavy atom. The third kappa shape index (κ3) is 3.11. The van der Waals surface area contributed by atoms with Crippen molar-refractivity contribution in [3.8, 4) is 5.75 Å². The largest absolute Gasteiger partial charge is 0.494 e. The van der Waals surface area contributed by atoms with E-state index >= 15 is 0 Å². The maximum absolute atomic E-state index is 11.1. The second-order valence-electron chi connectivity index (χ2n) is 4.21. The summed E-state index contributed by atoms with van der Waals surface area (Å²) in [5, 5.41) is 9.13. The van der Waals surface area contributed by atoms with Gasteiger partial charge in [0.1, 0.15) is 0 Å². The van der Waals surface area contributed by atoms with Crippen molar-refractivity contribution in [2.75, 3.05) is 7.11 Å². The normalized spacial score (nSPS) is 10.3. The molecule has 0 aliphatic rings. The number of carboxylic acids is 1. The van der Waals surface area contributed by atoms with Crippen LogP contribution in [0.2, 0.25) is 0 Å². The molecule has 2 rings (SSSR count). The highest BCUT2D eigenvalue weighted by Crippen LogP contribution is 2.35. The lowest BCUT2D eigenvalue weighted by molar-refractivity contribution is 0.0689. The first-order valence-corrected chi connectivity index (χ1v) is 7.05. The van der Waals surface area contributed by atoms with Gasteiger partial charge in [-0.25, -0.2) is 9.78 Å². The fourth-order valence-electron chi connectivity index (χ4n) is 1.84. The van der Waals surface area contributed by atoms with E-state index in [4.69, 9.17) is 9.84 Å². The van der Waals surface area contributed by atoms with Crippen LogP contribution >= 0.6 is 11.8 Å². The molecule has 0 saturated carbocycles. The van der Waals surface area contributed by atoms with Gasteiger partial charge < -0.3 is 9.84 Å². The van der Waals surface area contributed by atoms with Crippen LogP contribution in [0.5, 0.6) is 5.75 Å². The lowest BCUT2D eigenvalue weighted by atomic mass is 10.2. The fraction of sp³-hybridized carbons (Fsp3) is 0.200. The van der Waals surface area contributed by atoms with Gasteiger partial charge in [0.05, 0.1) is 18.2 Å². The molecule has 4 nitrogen and oxygen atoms in total. The molecule has 1 aromatic heterocycles. The first kappa shape index (κ1) is 14.4. The van der Waals surface area contributed by atoms with Crippen molar-refractivity contribution >= 4 is 17.7 Å². The molecule has 0 aliphatic heterocycles. The molecule has 20 heavy (non-hydrogen) atoms. The van der Waals surface area contributed by atoms with E-state index < -0.39 is 5.97 Å². The van der Waals surface area contributed by atoms with Crippen LogP contribution in [-0.4, -0.2) is 23.2 Å². The zero-order valence-corrected chi connectivity index (χ0v) is 12.1. The summed E-state index contributed by atoms with van der Waals surface area (Å²) in [6, 6.07) is 10.0. The minimum atomic E-state index is -1.02. The zero-order valence-electron chi connectivity index (χ0n) is 11.3. The number of ether oxygens (including phenoxy) is 1. The minimum absolute atomic E-state index is 0.0707. The molecule has 0 atom stereocenters. The number of rotatable bonds is 5. The second kappa shape index (κ2) is 6.43. The Labute approximate surface area is 121 Å². The van der Waals surface area contributed by atoms with Crippen molar-refractivity contribution in [1.29, 1.82) is 0 Å². The van der Waals surface area contributed by atoms with Crippen LogP contribution in [0, 0.1) is 6.92 Å². The van der Waals surface area contributed by atoms with Crippen molar-refractivity contribution in [3.63, 3.8) is 0 Å². The maximum atomic E-state index is 11.1. The molecule has 0 radical (unpaired) electrons. The Hall–Kier alpha value is -2.01. The number of carbonyl (C=O) groups is 1. The van der Waals surface area contributed by atoms with Gasteiger partial charge in [0.2, 0.25) is 0 Å². The molecule has 0 fully saturated rings. The Morgan fingerprint density at radius 1 is 1.35 bits per heavy atom. The Balaban J connectivity index is 2.29. The van der Waals surface area contributed by atoms with Gasteiger partial charge in [-0.05, 0) is 18.1 Å². The molecular weight excluding hydrogens is 274 g/mol. The van der Waals surface area contributed by atoms with Crippen molar-refractivity contribution in [2.45, 2.75) is 17.6 Å². The number of aromatic carboxylic acids is 1. The fourth-order valence-corrected chi connectivity index (χ4v) is 2.94. The quantitative estimate of drug-likeness (QED) is 0.855. The lowest BCUT2D eigenvalue weighted by Crippen LogP contribution is -2.05. The third-order valence-electron chi connectivity index (χ3n) is 2.88. The molecule has 1 aromatic carbocycles. The highest BCUT2D eigenvalue weighted by Gasteiger charge is 2.17. The van der Waals surface area contributed by atoms with E-state index in [-0.39, 0.29) is 5.69 Å². The second-order valence-corrected chi connectivity index (χ2v) is 5.19. The maximum Gasteiger partial charge on any atom is 0.354 e. The summed E-state index contributed by atoms with van der Waals surface area (Å²) in [5.74, 6) is 0.335. The topological polar surface area (TPSA) is 59.4 Å². The molecule has 0 unspecified atom stereocenters. The summed E-state index contributed by atoms with van der Waals surface area (Å²) >= 11 is 1.55. The Bertz CT molecular complexity index is 614. The summed E-state index contributed by atoms with van der Waals surface area (Å²) in [4.78, 5) is 15.9. The molecule has 104 valence electrons. The molecule has 1 heterocycles. The Kier molecular flexibility index (Phi) is 4.63. The van der Waals surface area contributed by atoms with E-state index in [1.165, 1.54) is 11.8 Å². The first-order valence-electron chi connectivity index (χ1n) is 6.07. The molecule has 0 bridgehead atoms. The number of hydrogen-bond acceptors (Lipinski definition) is 4. The van der Waals surface area contributed by atoms with Gasteiger partial charge in [-0.2, -0.15) is 0 Å². The number of aromatic nitrogens is 1. The molecule has 0 spiro atoms. The van der Waals surface area contributed by atoms with Crippen LogP contribution in [0.3, 0.4) is 0 Å². The summed E-state index contributed by atoms with van der Waals surface area (Å²) in [5.41, 5.74) is 1.88. The van der Waals surface area contributed by atoms with E-state index in [9.17, 15) is 4.79 Å². The molecular formula is C15H15NO3S. The highest BCUT2D eigenvalue weighted by molar-refractivity contribution is 7.98. The predicted octanol–water partition coefficient (Wildman–Crippen LogP) is 3.39. The van der Waals surface area contributed by atoms with Gasteiger partial charge >= 0.3 is 5.97 Å². The first-order chi connectivity index (χ1) is 9.63. The summed E-state index contributed by atoms with van der Waals surface area (Å²) < 4.78 is 5.27. The van der Waals surface area contributed by atoms with Crippen molar-refractivity contribution in [1.82, 2.24) is 4.98 Å². The van der Waals surface area contributed by atoms with Gasteiger partial charge in [0, 0.05) is 5.75 Å². The number of hydrogen-bond donors (Lipinski definition) is 1. The van der Waals surface area contributed by atoms with Crippen molar-refractivity contribution in [2.24, 2.45) is 0 Å². The van der Waals surface area contributed by atoms with Crippen LogP contribution in [0.15, 0.2) is 41.4 Å². The smallest absolute Gasteiger partial charge is 0.354 e. The average molecular weight is 289 g/mol. The highest BCUT2D eigenvalue weighted by atomic mass is 32.2. The van der Waals surface area contributed by atoms with E-state index in [1.807, 2.05) is 30.3 Å². The van der Waals surface area contributed by atoms with E-state index in [0.717, 1.165) is 10.6 Å². The van der Waals surface area contributed by atoms with Crippen LogP contribution in [-0.2, 0) is 5.75 Å². The molecule has 0 amide bonds. The predicted molar refractivity (Wildman–Crippen MR) is 78.5 cm³/mol. The van der Waals surface area contributed by atoms with Crippen molar-refractivity contribution < 1.29 is 14.6 Å². The molecule has 0 aliphatic carbocycles. The van der Waals surface area contributed by atoms with Crippen LogP contribution in [0.1, 0.15) is 21.6 Å². The average Bonchev–Trinajstić information content (AvgIpc) is 2.46. The van der Waals surface area contributed by atoms with Crippen LogP contribution in [0.4, 0.5) is 0 Å². The number of nitrogens with zero attached hydrogens (tertiary/aromatic N) is 1. The third-order valence-corrected chi connectivity index (χ3v) is 4.15.